The molecule has 1 fully saturated rings. The summed E-state index contributed by atoms with van der Waals surface area (Å²) in [6.07, 6.45) is 19.9. The molecule has 1 aliphatic heterocycles. The van der Waals surface area contributed by atoms with Crippen LogP contribution < -0.4 is 5.32 Å². The van der Waals surface area contributed by atoms with Gasteiger partial charge in [0.15, 0.2) is 0 Å². The molecule has 0 amide bonds. The van der Waals surface area contributed by atoms with E-state index in [2.05, 4.69) is 12.2 Å². The third-order valence-electron chi connectivity index (χ3n) is 8.45. The minimum Gasteiger partial charge on any atom is -0.463 e. The number of carbonyl (C=O) groups is 1. The van der Waals surface area contributed by atoms with Gasteiger partial charge in [-0.3, -0.25) is 4.79 Å². The van der Waals surface area contributed by atoms with Crippen molar-refractivity contribution in [1.82, 2.24) is 5.32 Å². The van der Waals surface area contributed by atoms with E-state index in [1.165, 1.54) is 70.6 Å². The molecule has 51 heavy (non-hydrogen) atoms. The van der Waals surface area contributed by atoms with Gasteiger partial charge in [0.2, 0.25) is 0 Å². The summed E-state index contributed by atoms with van der Waals surface area (Å²) in [5.74, 6) is -0.128. The van der Waals surface area contributed by atoms with Crippen LogP contribution in [0.5, 0.6) is 0 Å². The van der Waals surface area contributed by atoms with Gasteiger partial charge in [-0.25, -0.2) is 0 Å². The lowest BCUT2D eigenvalue weighted by Crippen LogP contribution is -2.33. The molecular weight excluding hydrogens is 658 g/mol. The van der Waals surface area contributed by atoms with Crippen LogP contribution in [-0.4, -0.2) is 144 Å². The van der Waals surface area contributed by atoms with E-state index >= 15 is 0 Å². The number of unbranched alkanes of at least 4 members (excludes halogenated alkanes) is 12. The van der Waals surface area contributed by atoms with Crippen molar-refractivity contribution in [1.29, 1.82) is 0 Å². The number of esters is 1. The number of nitrogens with one attached hydrogen (secondary N) is 1. The fourth-order valence-electron chi connectivity index (χ4n) is 5.45. The monoisotopic (exact) mass is 736 g/mol. The average molecular weight is 736 g/mol. The Bertz CT molecular complexity index is 686. The van der Waals surface area contributed by atoms with Crippen molar-refractivity contribution in [2.75, 3.05) is 132 Å². The third-order valence-corrected chi connectivity index (χ3v) is 8.45. The predicted molar refractivity (Wildman–Crippen MR) is 200 cm³/mol. The van der Waals surface area contributed by atoms with Crippen LogP contribution in [0, 0.1) is 0 Å². The quantitative estimate of drug-likeness (QED) is 0.0593. The van der Waals surface area contributed by atoms with Crippen molar-refractivity contribution in [2.24, 2.45) is 0 Å². The second-order valence-corrected chi connectivity index (χ2v) is 12.9. The SMILES string of the molecule is CCCCCCCCCCCCCCCC(=O)OCCOCCOCCOCCOCCOCCOCCOCCOCCOC1CCNCC1. The van der Waals surface area contributed by atoms with Crippen LogP contribution >= 0.6 is 0 Å². The summed E-state index contributed by atoms with van der Waals surface area (Å²) in [5.41, 5.74) is 0. The first-order valence-electron chi connectivity index (χ1n) is 20.4. The van der Waals surface area contributed by atoms with Crippen LogP contribution in [0.3, 0.4) is 0 Å². The van der Waals surface area contributed by atoms with Crippen LogP contribution in [0.2, 0.25) is 0 Å². The third kappa shape index (κ3) is 38.6. The number of hydrogen-bond donors (Lipinski definition) is 1. The Morgan fingerprint density at radius 1 is 0.431 bits per heavy atom. The lowest BCUT2D eigenvalue weighted by atomic mass is 10.0. The van der Waals surface area contributed by atoms with Gasteiger partial charge >= 0.3 is 5.97 Å². The highest BCUT2D eigenvalue weighted by atomic mass is 16.6. The van der Waals surface area contributed by atoms with E-state index in [4.69, 9.17) is 47.4 Å². The molecule has 1 N–H and O–H groups in total. The molecular formula is C39H77NO11. The van der Waals surface area contributed by atoms with Crippen LogP contribution in [0.25, 0.3) is 0 Å². The molecule has 0 saturated carbocycles. The van der Waals surface area contributed by atoms with Gasteiger partial charge in [-0.1, -0.05) is 84.0 Å². The maximum absolute atomic E-state index is 11.9. The molecule has 0 spiro atoms. The van der Waals surface area contributed by atoms with Gasteiger partial charge < -0.3 is 52.7 Å². The fraction of sp³-hybridized carbons (Fsp3) is 0.974. The molecule has 12 heteroatoms. The summed E-state index contributed by atoms with van der Waals surface area (Å²) in [4.78, 5) is 11.9. The number of rotatable bonds is 42. The first-order valence-corrected chi connectivity index (χ1v) is 20.4. The standard InChI is InChI=1S/C39H77NO11/c1-2-3-4-5-6-7-8-9-10-11-12-13-14-15-39(41)51-37-35-49-33-31-47-29-27-45-25-23-43-21-20-42-22-24-44-26-28-46-30-32-48-34-36-50-38-16-18-40-19-17-38/h38,40H,2-37H2,1H3. The average Bonchev–Trinajstić information content (AvgIpc) is 3.15. The summed E-state index contributed by atoms with van der Waals surface area (Å²) in [6, 6.07) is 0. The molecule has 0 radical (unpaired) electrons. The van der Waals surface area contributed by atoms with Gasteiger partial charge in [0.05, 0.1) is 118 Å². The molecule has 0 aromatic carbocycles. The van der Waals surface area contributed by atoms with Crippen molar-refractivity contribution < 1.29 is 52.2 Å². The van der Waals surface area contributed by atoms with Crippen LogP contribution in [0.15, 0.2) is 0 Å². The fourth-order valence-corrected chi connectivity index (χ4v) is 5.45. The second kappa shape index (κ2) is 41.8. The van der Waals surface area contributed by atoms with Crippen molar-refractivity contribution in [3.8, 4) is 0 Å². The number of ether oxygens (including phenoxy) is 10. The lowest BCUT2D eigenvalue weighted by molar-refractivity contribution is -0.145. The van der Waals surface area contributed by atoms with Crippen molar-refractivity contribution in [2.45, 2.75) is 116 Å². The Kier molecular flexibility index (Phi) is 39.4. The largest absolute Gasteiger partial charge is 0.463 e. The zero-order chi connectivity index (χ0) is 36.4. The minimum absolute atomic E-state index is 0.128. The van der Waals surface area contributed by atoms with E-state index in [1.807, 2.05) is 0 Å². The molecule has 0 aliphatic carbocycles. The molecule has 0 atom stereocenters. The molecule has 12 nitrogen and oxygen atoms in total. The summed E-state index contributed by atoms with van der Waals surface area (Å²) in [6.45, 7) is 13.5. The van der Waals surface area contributed by atoms with E-state index < -0.39 is 0 Å². The summed E-state index contributed by atoms with van der Waals surface area (Å²) in [5, 5.41) is 3.33. The highest BCUT2D eigenvalue weighted by molar-refractivity contribution is 5.69. The molecule has 0 bridgehead atoms. The van der Waals surface area contributed by atoms with Gasteiger partial charge in [-0.05, 0) is 32.4 Å². The maximum Gasteiger partial charge on any atom is 0.305 e. The minimum atomic E-state index is -0.128. The summed E-state index contributed by atoms with van der Waals surface area (Å²) < 4.78 is 55.1. The second-order valence-electron chi connectivity index (χ2n) is 12.9. The first-order chi connectivity index (χ1) is 25.3. The molecule has 1 aliphatic rings. The number of hydrogen-bond acceptors (Lipinski definition) is 12. The number of piperidine rings is 1. The molecule has 304 valence electrons. The molecule has 1 rings (SSSR count). The van der Waals surface area contributed by atoms with Crippen LogP contribution in [0.1, 0.15) is 110 Å². The van der Waals surface area contributed by atoms with E-state index in [0.717, 1.165) is 38.8 Å². The van der Waals surface area contributed by atoms with Gasteiger partial charge in [0.25, 0.3) is 0 Å². The highest BCUT2D eigenvalue weighted by Gasteiger charge is 2.12. The van der Waals surface area contributed by atoms with Gasteiger partial charge in [-0.15, -0.1) is 0 Å². The van der Waals surface area contributed by atoms with E-state index in [-0.39, 0.29) is 5.97 Å². The Balaban J connectivity index is 1.63. The Morgan fingerprint density at radius 2 is 0.745 bits per heavy atom. The van der Waals surface area contributed by atoms with Crippen molar-refractivity contribution >= 4 is 5.97 Å². The topological polar surface area (TPSA) is 121 Å². The highest BCUT2D eigenvalue weighted by Crippen LogP contribution is 2.13. The molecule has 0 aromatic rings. The summed E-state index contributed by atoms with van der Waals surface area (Å²) >= 11 is 0. The zero-order valence-corrected chi connectivity index (χ0v) is 32.5. The normalized spacial score (nSPS) is 13.7. The Hall–Kier alpha value is -0.930. The van der Waals surface area contributed by atoms with Crippen LogP contribution in [0.4, 0.5) is 0 Å². The first kappa shape index (κ1) is 48.1. The van der Waals surface area contributed by atoms with Crippen molar-refractivity contribution in [3.63, 3.8) is 0 Å². The smallest absolute Gasteiger partial charge is 0.305 e. The number of carbonyl (C=O) groups excluding carboxylic acids is 1. The summed E-state index contributed by atoms with van der Waals surface area (Å²) in [7, 11) is 0. The Labute approximate surface area is 310 Å². The van der Waals surface area contributed by atoms with E-state index in [0.29, 0.717) is 131 Å². The predicted octanol–water partition coefficient (Wildman–Crippen LogP) is 5.91. The Morgan fingerprint density at radius 3 is 1.12 bits per heavy atom. The molecule has 0 aromatic heterocycles. The van der Waals surface area contributed by atoms with E-state index in [1.54, 1.807) is 0 Å². The van der Waals surface area contributed by atoms with Gasteiger partial charge in [0, 0.05) is 6.42 Å². The van der Waals surface area contributed by atoms with Crippen molar-refractivity contribution in [3.05, 3.63) is 0 Å². The lowest BCUT2D eigenvalue weighted by Gasteiger charge is -2.22. The van der Waals surface area contributed by atoms with Gasteiger partial charge in [0.1, 0.15) is 6.61 Å². The zero-order valence-electron chi connectivity index (χ0n) is 32.5. The van der Waals surface area contributed by atoms with Crippen LogP contribution in [-0.2, 0) is 52.2 Å². The van der Waals surface area contributed by atoms with Gasteiger partial charge in [-0.2, -0.15) is 0 Å². The van der Waals surface area contributed by atoms with E-state index in [9.17, 15) is 4.79 Å². The molecule has 0 unspecified atom stereocenters. The maximum atomic E-state index is 11.9. The molecule has 1 saturated heterocycles. The molecule has 1 heterocycles.